The number of fused-ring (bicyclic) bond motifs is 3. The molecule has 2 heteroatoms. The molecule has 3 aromatic rings. The van der Waals surface area contributed by atoms with Gasteiger partial charge in [0.25, 0.3) is 0 Å². The van der Waals surface area contributed by atoms with E-state index in [1.54, 1.807) is 45.2 Å². The smallest absolute Gasteiger partial charge is 0.124 e. The zero-order valence-corrected chi connectivity index (χ0v) is 15.9. The van der Waals surface area contributed by atoms with Gasteiger partial charge in [-0.15, -0.1) is 9.36 Å². The van der Waals surface area contributed by atoms with Gasteiger partial charge in [-0.3, -0.25) is 0 Å². The van der Waals surface area contributed by atoms with E-state index in [4.69, 9.17) is 16.4 Å². The number of para-hydroxylation sites is 1. The molecule has 0 radical (unpaired) electrons. The first-order chi connectivity index (χ1) is 17.5. The molecule has 0 spiro atoms. The van der Waals surface area contributed by atoms with Crippen LogP contribution in [0.1, 0.15) is 71.9 Å². The minimum atomic E-state index is -3.37. The Kier molecular flexibility index (Phi) is 1.81. The maximum Gasteiger partial charge on any atom is 0.203 e. The summed E-state index contributed by atoms with van der Waals surface area (Å²) in [6.07, 6.45) is 1.50. The highest BCUT2D eigenvalue weighted by molar-refractivity contribution is 5.75. The van der Waals surface area contributed by atoms with Gasteiger partial charge < -0.3 is 0 Å². The average molecular weight is 372 g/mol. The summed E-state index contributed by atoms with van der Waals surface area (Å²) >= 11 is 0. The zero-order chi connectivity index (χ0) is 29.7. The fourth-order valence-corrected chi connectivity index (χ4v) is 4.20. The topological polar surface area (TPSA) is 8.81 Å². The van der Waals surface area contributed by atoms with Gasteiger partial charge in [-0.1, -0.05) is 63.9 Å². The van der Waals surface area contributed by atoms with Crippen LogP contribution in [0.5, 0.6) is 0 Å². The largest absolute Gasteiger partial charge is 0.203 e. The molecule has 0 saturated carbocycles. The van der Waals surface area contributed by atoms with Crippen molar-refractivity contribution in [2.24, 2.45) is 7.05 Å². The highest BCUT2D eigenvalue weighted by Crippen LogP contribution is 2.52. The molecule has 0 aliphatic carbocycles. The second-order valence-electron chi connectivity index (χ2n) is 7.62. The monoisotopic (exact) mass is 371 g/mol. The summed E-state index contributed by atoms with van der Waals surface area (Å²) in [5.41, 5.74) is -4.04. The molecule has 0 amide bonds. The maximum atomic E-state index is 8.78. The number of benzene rings is 2. The number of hydrogen-bond donors (Lipinski definition) is 0. The highest BCUT2D eigenvalue weighted by Gasteiger charge is 2.51. The molecule has 27 heavy (non-hydrogen) atoms. The van der Waals surface area contributed by atoms with Crippen LogP contribution in [0.2, 0.25) is 0 Å². The average Bonchev–Trinajstić information content (AvgIpc) is 3.07. The SMILES string of the molecule is [2H]C([2H])([2H])c1cccc(C)c1-c1c[n+](C)n2c1C(C([2H])([2H])[2H])(C([2H])([2H])[2H])C(C)(C([2H])([2H])[2H])c1cccc(C)c1-2. The predicted octanol–water partition coefficient (Wildman–Crippen LogP) is 5.46. The first kappa shape index (κ1) is 8.77. The maximum absolute atomic E-state index is 8.78. The van der Waals surface area contributed by atoms with E-state index in [1.807, 2.05) is 0 Å². The third-order valence-electron chi connectivity index (χ3n) is 5.73. The zero-order valence-electron chi connectivity index (χ0n) is 27.9. The molecule has 1 atom stereocenters. The molecule has 1 aliphatic heterocycles. The Balaban J connectivity index is 2.44. The molecule has 1 aliphatic rings. The lowest BCUT2D eigenvalue weighted by Crippen LogP contribution is -2.51. The third-order valence-corrected chi connectivity index (χ3v) is 5.73. The Morgan fingerprint density at radius 2 is 1.59 bits per heavy atom. The van der Waals surface area contributed by atoms with E-state index in [9.17, 15) is 0 Å². The van der Waals surface area contributed by atoms with Crippen LogP contribution in [0.3, 0.4) is 0 Å². The Morgan fingerprint density at radius 1 is 0.926 bits per heavy atom. The van der Waals surface area contributed by atoms with E-state index in [0.717, 1.165) is 0 Å². The van der Waals surface area contributed by atoms with Gasteiger partial charge in [-0.25, -0.2) is 0 Å². The van der Waals surface area contributed by atoms with Crippen LogP contribution in [0.25, 0.3) is 16.8 Å². The minimum absolute atomic E-state index is 0.0540. The molecule has 1 unspecified atom stereocenters. The van der Waals surface area contributed by atoms with Crippen LogP contribution in [-0.4, -0.2) is 4.68 Å². The number of aryl methyl sites for hydroxylation is 4. The van der Waals surface area contributed by atoms with Crippen molar-refractivity contribution in [3.8, 4) is 16.8 Å². The molecule has 0 fully saturated rings. The molecule has 1 aromatic heterocycles. The van der Waals surface area contributed by atoms with Gasteiger partial charge in [0.1, 0.15) is 11.4 Å². The summed E-state index contributed by atoms with van der Waals surface area (Å²) in [6, 6.07) is 9.43. The van der Waals surface area contributed by atoms with Gasteiger partial charge in [0.05, 0.1) is 5.56 Å². The van der Waals surface area contributed by atoms with Crippen LogP contribution < -0.4 is 4.68 Å². The molecule has 0 saturated heterocycles. The Bertz CT molecular complexity index is 1440. The molecule has 2 heterocycles. The third kappa shape index (κ3) is 2.22. The van der Waals surface area contributed by atoms with Crippen LogP contribution in [0.15, 0.2) is 42.6 Å². The molecule has 2 aromatic carbocycles. The molecule has 2 nitrogen and oxygen atoms in total. The van der Waals surface area contributed by atoms with Gasteiger partial charge in [0, 0.05) is 27.3 Å². The molecule has 140 valence electrons. The highest BCUT2D eigenvalue weighted by atomic mass is 15.4. The van der Waals surface area contributed by atoms with Gasteiger partial charge >= 0.3 is 0 Å². The molecule has 4 rings (SSSR count). The van der Waals surface area contributed by atoms with Crippen molar-refractivity contribution >= 4 is 0 Å². The van der Waals surface area contributed by atoms with Gasteiger partial charge in [-0.05, 0) is 48.5 Å². The lowest BCUT2D eigenvalue weighted by Gasteiger charge is -2.46. The summed E-state index contributed by atoms with van der Waals surface area (Å²) in [4.78, 5) is 0. The van der Waals surface area contributed by atoms with Gasteiger partial charge in [-0.2, -0.15) is 0 Å². The van der Waals surface area contributed by atoms with Crippen molar-refractivity contribution in [3.63, 3.8) is 0 Å². The predicted molar refractivity (Wildman–Crippen MR) is 113 cm³/mol. The van der Waals surface area contributed by atoms with Crippen molar-refractivity contribution in [2.45, 2.75) is 59.0 Å². The van der Waals surface area contributed by atoms with Crippen LogP contribution in [0, 0.1) is 20.7 Å². The lowest BCUT2D eigenvalue weighted by atomic mass is 9.59. The van der Waals surface area contributed by atoms with E-state index in [0.29, 0.717) is 16.8 Å². The van der Waals surface area contributed by atoms with E-state index < -0.39 is 38.2 Å². The molecular weight excluding hydrogens is 328 g/mol. The summed E-state index contributed by atoms with van der Waals surface area (Å²) in [5.74, 6) is 0. The van der Waals surface area contributed by atoms with Crippen LogP contribution >= 0.6 is 0 Å². The Hall–Kier alpha value is -2.35. The van der Waals surface area contributed by atoms with Gasteiger partial charge in [0.15, 0.2) is 7.05 Å². The number of hydrogen-bond acceptors (Lipinski definition) is 0. The van der Waals surface area contributed by atoms with Crippen molar-refractivity contribution in [1.29, 1.82) is 0 Å². The summed E-state index contributed by atoms with van der Waals surface area (Å²) in [6.45, 7) is -7.87. The van der Waals surface area contributed by atoms with Crippen LogP contribution in [0.4, 0.5) is 0 Å². The van der Waals surface area contributed by atoms with E-state index >= 15 is 0 Å². The number of aromatic nitrogens is 2. The summed E-state index contributed by atoms with van der Waals surface area (Å²) in [5, 5.41) is 0. The van der Waals surface area contributed by atoms with Crippen molar-refractivity contribution in [1.82, 2.24) is 4.68 Å². The fourth-order valence-electron chi connectivity index (χ4n) is 4.20. The second-order valence-corrected chi connectivity index (χ2v) is 7.62. The molecule has 0 N–H and O–H groups in total. The van der Waals surface area contributed by atoms with Crippen molar-refractivity contribution in [3.05, 3.63) is 70.5 Å². The van der Waals surface area contributed by atoms with E-state index in [1.165, 1.54) is 34.6 Å². The molecular formula is C25H31N2+. The summed E-state index contributed by atoms with van der Waals surface area (Å²) in [7, 11) is 1.60. The first-order valence-corrected chi connectivity index (χ1v) is 8.88. The molecule has 0 bridgehead atoms. The van der Waals surface area contributed by atoms with Gasteiger partial charge in [0.2, 0.25) is 6.20 Å². The quantitative estimate of drug-likeness (QED) is 0.502. The fraction of sp³-hybridized carbons (Fsp3) is 0.400. The first-order valence-electron chi connectivity index (χ1n) is 14.9. The van der Waals surface area contributed by atoms with Crippen molar-refractivity contribution < 1.29 is 21.1 Å². The summed E-state index contributed by atoms with van der Waals surface area (Å²) < 4.78 is 106. The Morgan fingerprint density at radius 3 is 2.30 bits per heavy atom. The van der Waals surface area contributed by atoms with Crippen LogP contribution in [-0.2, 0) is 17.9 Å². The van der Waals surface area contributed by atoms with E-state index in [-0.39, 0.29) is 27.9 Å². The standard InChI is InChI=1S/C25H31N2/c1-16-11-9-12-17(2)21(16)19-15-26(8)27-22-18(3)13-10-14-20(22)24(4,5)25(6,7)23(19)27/h9-15H,1-8H3/q+1/i1D3,4D3,6D3,7D3. The normalized spacial score (nSPS) is 28.7. The minimum Gasteiger partial charge on any atom is -0.124 e. The van der Waals surface area contributed by atoms with E-state index in [2.05, 4.69) is 0 Å². The van der Waals surface area contributed by atoms with Crippen molar-refractivity contribution in [2.75, 3.05) is 0 Å². The second kappa shape index (κ2) is 5.58. The number of rotatable bonds is 1. The Labute approximate surface area is 180 Å². The number of nitrogens with zero attached hydrogens (tertiary/aromatic N) is 2. The lowest BCUT2D eigenvalue weighted by molar-refractivity contribution is -0.745.